The molecule has 90 valence electrons. The van der Waals surface area contributed by atoms with Crippen molar-refractivity contribution >= 4 is 17.3 Å². The molecule has 0 spiro atoms. The van der Waals surface area contributed by atoms with Crippen molar-refractivity contribution in [2.75, 3.05) is 25.6 Å². The Kier molecular flexibility index (Phi) is 5.60. The summed E-state index contributed by atoms with van der Waals surface area (Å²) in [6.45, 7) is 2.71. The van der Waals surface area contributed by atoms with Crippen LogP contribution in [-0.2, 0) is 4.74 Å². The van der Waals surface area contributed by atoms with Gasteiger partial charge in [0.15, 0.2) is 0 Å². The molecule has 16 heavy (non-hydrogen) atoms. The van der Waals surface area contributed by atoms with Crippen molar-refractivity contribution in [3.05, 3.63) is 29.3 Å². The van der Waals surface area contributed by atoms with E-state index in [-0.39, 0.29) is 18.6 Å². The Hall–Kier alpha value is -0.770. The van der Waals surface area contributed by atoms with E-state index in [1.807, 2.05) is 31.2 Å². The van der Waals surface area contributed by atoms with Crippen molar-refractivity contribution in [3.63, 3.8) is 0 Å². The van der Waals surface area contributed by atoms with E-state index in [0.717, 1.165) is 5.69 Å². The molecule has 2 atom stereocenters. The lowest BCUT2D eigenvalue weighted by Gasteiger charge is -2.23. The van der Waals surface area contributed by atoms with E-state index in [1.165, 1.54) is 0 Å². The first-order valence-electron chi connectivity index (χ1n) is 5.29. The molecular weight excluding hydrogens is 226 g/mol. The van der Waals surface area contributed by atoms with Crippen LogP contribution >= 0.6 is 11.6 Å². The highest BCUT2D eigenvalue weighted by atomic mass is 35.5. The third-order valence-electron chi connectivity index (χ3n) is 2.49. The van der Waals surface area contributed by atoms with Crippen molar-refractivity contribution in [2.24, 2.45) is 5.92 Å². The summed E-state index contributed by atoms with van der Waals surface area (Å²) >= 11 is 5.89. The van der Waals surface area contributed by atoms with Crippen LogP contribution in [0.2, 0.25) is 5.02 Å². The number of nitrogens with one attached hydrogen (secondary N) is 1. The predicted molar refractivity (Wildman–Crippen MR) is 67.0 cm³/mol. The normalized spacial score (nSPS) is 14.5. The highest BCUT2D eigenvalue weighted by Crippen LogP contribution is 2.17. The zero-order valence-electron chi connectivity index (χ0n) is 9.61. The second-order valence-corrected chi connectivity index (χ2v) is 4.31. The molecule has 0 saturated carbocycles. The van der Waals surface area contributed by atoms with Crippen LogP contribution in [0.3, 0.4) is 0 Å². The average Bonchev–Trinajstić information content (AvgIpc) is 2.26. The predicted octanol–water partition coefficient (Wildman–Crippen LogP) is 2.40. The van der Waals surface area contributed by atoms with E-state index in [9.17, 15) is 5.11 Å². The number of hydrogen-bond acceptors (Lipinski definition) is 3. The molecule has 0 heterocycles. The molecule has 0 aliphatic rings. The van der Waals surface area contributed by atoms with Crippen LogP contribution in [0.25, 0.3) is 0 Å². The Balaban J connectivity index is 2.62. The van der Waals surface area contributed by atoms with Gasteiger partial charge < -0.3 is 15.2 Å². The second-order valence-electron chi connectivity index (χ2n) is 3.88. The molecule has 1 aromatic carbocycles. The van der Waals surface area contributed by atoms with Crippen LogP contribution < -0.4 is 5.32 Å². The summed E-state index contributed by atoms with van der Waals surface area (Å²) in [5.74, 6) is 0.231. The Morgan fingerprint density at radius 3 is 2.81 bits per heavy atom. The largest absolute Gasteiger partial charge is 0.394 e. The molecular formula is C12H18ClNO2. The number of methoxy groups -OCH3 is 1. The molecule has 1 aromatic rings. The average molecular weight is 244 g/mol. The molecule has 0 saturated heterocycles. The van der Waals surface area contributed by atoms with Gasteiger partial charge in [-0.3, -0.25) is 0 Å². The number of aliphatic hydroxyl groups excluding tert-OH is 1. The van der Waals surface area contributed by atoms with Crippen LogP contribution in [0.5, 0.6) is 0 Å². The molecule has 0 aliphatic carbocycles. The highest BCUT2D eigenvalue weighted by molar-refractivity contribution is 6.30. The number of aliphatic hydroxyl groups is 1. The number of hydrogen-bond donors (Lipinski definition) is 2. The molecule has 4 heteroatoms. The summed E-state index contributed by atoms with van der Waals surface area (Å²) in [6.07, 6.45) is 0. The standard InChI is InChI=1S/C12H18ClNO2/c1-9(8-16-2)12(7-15)14-11-5-3-4-10(13)6-11/h3-6,9,12,14-15H,7-8H2,1-2H3. The molecule has 0 amide bonds. The van der Waals surface area contributed by atoms with Gasteiger partial charge >= 0.3 is 0 Å². The van der Waals surface area contributed by atoms with Gasteiger partial charge in [-0.25, -0.2) is 0 Å². The first kappa shape index (κ1) is 13.3. The van der Waals surface area contributed by atoms with Gasteiger partial charge in [0, 0.05) is 23.7 Å². The van der Waals surface area contributed by atoms with E-state index in [4.69, 9.17) is 16.3 Å². The molecule has 0 radical (unpaired) electrons. The van der Waals surface area contributed by atoms with E-state index in [2.05, 4.69) is 5.32 Å². The smallest absolute Gasteiger partial charge is 0.0636 e. The minimum Gasteiger partial charge on any atom is -0.394 e. The lowest BCUT2D eigenvalue weighted by Crippen LogP contribution is -2.33. The molecule has 3 nitrogen and oxygen atoms in total. The lowest BCUT2D eigenvalue weighted by molar-refractivity contribution is 0.132. The van der Waals surface area contributed by atoms with Gasteiger partial charge in [-0.2, -0.15) is 0 Å². The quantitative estimate of drug-likeness (QED) is 0.806. The van der Waals surface area contributed by atoms with Gasteiger partial charge in [0.25, 0.3) is 0 Å². The SMILES string of the molecule is COCC(C)C(CO)Nc1cccc(Cl)c1. The first-order chi connectivity index (χ1) is 7.67. The summed E-state index contributed by atoms with van der Waals surface area (Å²) in [4.78, 5) is 0. The fraction of sp³-hybridized carbons (Fsp3) is 0.500. The number of halogens is 1. The van der Waals surface area contributed by atoms with Crippen LogP contribution in [0.15, 0.2) is 24.3 Å². The summed E-state index contributed by atoms with van der Waals surface area (Å²) in [7, 11) is 1.66. The maximum atomic E-state index is 9.30. The maximum Gasteiger partial charge on any atom is 0.0636 e. The van der Waals surface area contributed by atoms with Gasteiger partial charge in [-0.1, -0.05) is 24.6 Å². The van der Waals surface area contributed by atoms with Crippen molar-refractivity contribution < 1.29 is 9.84 Å². The third kappa shape index (κ3) is 4.00. The monoisotopic (exact) mass is 243 g/mol. The molecule has 1 rings (SSSR count). The third-order valence-corrected chi connectivity index (χ3v) is 2.72. The van der Waals surface area contributed by atoms with Gasteiger partial charge in [0.05, 0.1) is 19.3 Å². The Bertz CT molecular complexity index is 320. The minimum absolute atomic E-state index is 0.0292. The van der Waals surface area contributed by atoms with Crippen LogP contribution in [0, 0.1) is 5.92 Å². The van der Waals surface area contributed by atoms with E-state index < -0.39 is 0 Å². The van der Waals surface area contributed by atoms with Crippen LogP contribution in [0.1, 0.15) is 6.92 Å². The number of ether oxygens (including phenoxy) is 1. The topological polar surface area (TPSA) is 41.5 Å². The Morgan fingerprint density at radius 1 is 1.50 bits per heavy atom. The maximum absolute atomic E-state index is 9.30. The zero-order valence-corrected chi connectivity index (χ0v) is 10.4. The van der Waals surface area contributed by atoms with Crippen molar-refractivity contribution in [3.8, 4) is 0 Å². The van der Waals surface area contributed by atoms with Gasteiger partial charge in [-0.15, -0.1) is 0 Å². The molecule has 2 N–H and O–H groups in total. The minimum atomic E-state index is -0.0292. The van der Waals surface area contributed by atoms with E-state index in [1.54, 1.807) is 7.11 Å². The van der Waals surface area contributed by atoms with E-state index >= 15 is 0 Å². The van der Waals surface area contributed by atoms with Crippen molar-refractivity contribution in [1.29, 1.82) is 0 Å². The summed E-state index contributed by atoms with van der Waals surface area (Å²) in [5, 5.41) is 13.2. The number of anilines is 1. The summed E-state index contributed by atoms with van der Waals surface area (Å²) in [5.41, 5.74) is 0.912. The fourth-order valence-electron chi connectivity index (χ4n) is 1.54. The molecule has 0 bridgehead atoms. The number of rotatable bonds is 6. The lowest BCUT2D eigenvalue weighted by atomic mass is 10.0. The fourth-order valence-corrected chi connectivity index (χ4v) is 1.73. The highest BCUT2D eigenvalue weighted by Gasteiger charge is 2.15. The number of benzene rings is 1. The van der Waals surface area contributed by atoms with Crippen LogP contribution in [-0.4, -0.2) is 31.5 Å². The van der Waals surface area contributed by atoms with Gasteiger partial charge in [0.1, 0.15) is 0 Å². The van der Waals surface area contributed by atoms with Crippen molar-refractivity contribution in [2.45, 2.75) is 13.0 Å². The van der Waals surface area contributed by atoms with Crippen LogP contribution in [0.4, 0.5) is 5.69 Å². The van der Waals surface area contributed by atoms with Gasteiger partial charge in [-0.05, 0) is 18.2 Å². The molecule has 0 aliphatic heterocycles. The van der Waals surface area contributed by atoms with E-state index in [0.29, 0.717) is 11.6 Å². The van der Waals surface area contributed by atoms with Crippen molar-refractivity contribution in [1.82, 2.24) is 0 Å². The Labute approximate surface area is 101 Å². The second kappa shape index (κ2) is 6.74. The first-order valence-corrected chi connectivity index (χ1v) is 5.67. The zero-order chi connectivity index (χ0) is 12.0. The molecule has 2 unspecified atom stereocenters. The summed E-state index contributed by atoms with van der Waals surface area (Å²) in [6, 6.07) is 7.43. The van der Waals surface area contributed by atoms with Gasteiger partial charge in [0.2, 0.25) is 0 Å². The molecule has 0 fully saturated rings. The summed E-state index contributed by atoms with van der Waals surface area (Å²) < 4.78 is 5.07. The Morgan fingerprint density at radius 2 is 2.25 bits per heavy atom. The molecule has 0 aromatic heterocycles.